The molecule has 0 unspecified atom stereocenters. The van der Waals surface area contributed by atoms with E-state index >= 15 is 4.79 Å². The predicted octanol–water partition coefficient (Wildman–Crippen LogP) is 6.35. The molecule has 0 spiro atoms. The molecule has 0 saturated carbocycles. The van der Waals surface area contributed by atoms with Crippen molar-refractivity contribution in [2.45, 2.75) is 69.7 Å². The van der Waals surface area contributed by atoms with Gasteiger partial charge in [-0.15, -0.1) is 0 Å². The van der Waals surface area contributed by atoms with Gasteiger partial charge in [0, 0.05) is 38.0 Å². The number of allylic oxidation sites excluding steroid dienone is 1. The summed E-state index contributed by atoms with van der Waals surface area (Å²) in [6.07, 6.45) is 6.15. The smallest absolute Gasteiger partial charge is 0.289 e. The summed E-state index contributed by atoms with van der Waals surface area (Å²) in [5.41, 5.74) is 5.82. The Morgan fingerprint density at radius 3 is 2.22 bits per heavy atom. The number of carbonyl (C=O) groups excluding carboxylic acids is 1. The van der Waals surface area contributed by atoms with Crippen LogP contribution in [-0.2, 0) is 31.8 Å². The van der Waals surface area contributed by atoms with Crippen LogP contribution in [0.25, 0.3) is 0 Å². The first-order valence-corrected chi connectivity index (χ1v) is 21.0. The molecular formula is C46H58N2O11. The van der Waals surface area contributed by atoms with Gasteiger partial charge in [-0.1, -0.05) is 19.4 Å². The van der Waals surface area contributed by atoms with Gasteiger partial charge in [0.1, 0.15) is 0 Å². The van der Waals surface area contributed by atoms with Gasteiger partial charge >= 0.3 is 0 Å². The lowest BCUT2D eigenvalue weighted by Crippen LogP contribution is -2.48. The van der Waals surface area contributed by atoms with Crippen LogP contribution >= 0.6 is 0 Å². The van der Waals surface area contributed by atoms with Crippen LogP contribution in [0.15, 0.2) is 54.3 Å². The molecule has 5 aliphatic heterocycles. The van der Waals surface area contributed by atoms with Crippen molar-refractivity contribution < 1.29 is 52.5 Å². The number of fused-ring (bicyclic) bond motifs is 5. The molecule has 8 rings (SSSR count). The molecule has 6 atom stereocenters. The molecule has 1 fully saturated rings. The minimum atomic E-state index is -0.692. The highest BCUT2D eigenvalue weighted by Crippen LogP contribution is 2.50. The molecule has 13 nitrogen and oxygen atoms in total. The lowest BCUT2D eigenvalue weighted by Gasteiger charge is -2.49. The topological polar surface area (TPSA) is 127 Å². The quantitative estimate of drug-likeness (QED) is 0.172. The van der Waals surface area contributed by atoms with E-state index in [1.807, 2.05) is 29.2 Å². The van der Waals surface area contributed by atoms with Gasteiger partial charge < -0.3 is 52.6 Å². The number of benzene rings is 3. The summed E-state index contributed by atoms with van der Waals surface area (Å²) in [5, 5.41) is 9.18. The van der Waals surface area contributed by atoms with Gasteiger partial charge in [0.2, 0.25) is 13.1 Å². The first kappa shape index (κ1) is 41.1. The fourth-order valence-corrected chi connectivity index (χ4v) is 9.90. The lowest BCUT2D eigenvalue weighted by molar-refractivity contribution is -0.158. The van der Waals surface area contributed by atoms with Crippen molar-refractivity contribution in [3.63, 3.8) is 0 Å². The highest BCUT2D eigenvalue weighted by molar-refractivity contribution is 5.92. The zero-order chi connectivity index (χ0) is 41.0. The van der Waals surface area contributed by atoms with E-state index in [2.05, 4.69) is 36.1 Å². The standard InChI is InChI=1S/C46H58N2O11/c1-6-28-26-47-11-9-30-20-39(51-2)41(53-4)24-34(30)36(47)17-32(28)18-37-35-25-42(54-5)40(52-3)21-31(35)10-12-48(37)46(50)44-22-33(23-45(59-44)56-16-15-55-14-13-49)29-7-8-38-43(19-29)58-27-57-38/h7-8,19-22,24-25,28,32-33,36-37,45,49H,6,9-18,23,26-27H2,1-5H3/t28-,32+,33+,36-,37+,45-/m0/s1. The zero-order valence-corrected chi connectivity index (χ0v) is 34.9. The monoisotopic (exact) mass is 814 g/mol. The van der Waals surface area contributed by atoms with Crippen molar-refractivity contribution in [1.82, 2.24) is 9.80 Å². The maximum atomic E-state index is 15.2. The van der Waals surface area contributed by atoms with Crippen molar-refractivity contribution in [2.75, 3.05) is 81.3 Å². The minimum Gasteiger partial charge on any atom is -0.493 e. The summed E-state index contributed by atoms with van der Waals surface area (Å²) in [6.45, 7) is 5.67. The summed E-state index contributed by atoms with van der Waals surface area (Å²) >= 11 is 0. The Balaban J connectivity index is 1.13. The third-order valence-corrected chi connectivity index (χ3v) is 12.9. The Hall–Kier alpha value is -4.69. The Kier molecular flexibility index (Phi) is 12.7. The fraction of sp³-hybridized carbons (Fsp3) is 0.543. The summed E-state index contributed by atoms with van der Waals surface area (Å²) in [7, 11) is 6.70. The van der Waals surface area contributed by atoms with Crippen LogP contribution in [0, 0.1) is 11.8 Å². The first-order valence-electron chi connectivity index (χ1n) is 21.0. The zero-order valence-electron chi connectivity index (χ0n) is 34.9. The van der Waals surface area contributed by atoms with Gasteiger partial charge in [-0.05, 0) is 108 Å². The second-order valence-corrected chi connectivity index (χ2v) is 16.0. The number of aliphatic hydroxyl groups is 1. The maximum Gasteiger partial charge on any atom is 0.289 e. The van der Waals surface area contributed by atoms with Crippen molar-refractivity contribution in [3.8, 4) is 34.5 Å². The number of ether oxygens (including phenoxy) is 9. The van der Waals surface area contributed by atoms with Crippen LogP contribution in [-0.4, -0.2) is 108 Å². The highest BCUT2D eigenvalue weighted by Gasteiger charge is 2.43. The van der Waals surface area contributed by atoms with Crippen LogP contribution in [0.2, 0.25) is 0 Å². The van der Waals surface area contributed by atoms with Crippen molar-refractivity contribution in [1.29, 1.82) is 0 Å². The summed E-state index contributed by atoms with van der Waals surface area (Å²) in [4.78, 5) is 19.8. The lowest BCUT2D eigenvalue weighted by atomic mass is 9.72. The molecule has 5 heterocycles. The number of rotatable bonds is 15. The molecule has 1 saturated heterocycles. The van der Waals surface area contributed by atoms with Gasteiger partial charge in [-0.25, -0.2) is 0 Å². The molecule has 318 valence electrons. The van der Waals surface area contributed by atoms with Gasteiger partial charge in [-0.3, -0.25) is 9.69 Å². The van der Waals surface area contributed by atoms with Gasteiger partial charge in [0.05, 0.1) is 60.9 Å². The van der Waals surface area contributed by atoms with E-state index in [-0.39, 0.29) is 56.3 Å². The largest absolute Gasteiger partial charge is 0.493 e. The first-order chi connectivity index (χ1) is 28.9. The van der Waals surface area contributed by atoms with Gasteiger partial charge in [0.15, 0.2) is 40.3 Å². The maximum absolute atomic E-state index is 15.2. The third-order valence-electron chi connectivity index (χ3n) is 12.9. The third kappa shape index (κ3) is 8.39. The number of hydrogen-bond acceptors (Lipinski definition) is 12. The van der Waals surface area contributed by atoms with E-state index in [1.165, 1.54) is 11.1 Å². The molecule has 1 amide bonds. The van der Waals surface area contributed by atoms with E-state index in [1.54, 1.807) is 28.4 Å². The predicted molar refractivity (Wildman–Crippen MR) is 219 cm³/mol. The highest BCUT2D eigenvalue weighted by atomic mass is 16.7. The van der Waals surface area contributed by atoms with E-state index in [0.29, 0.717) is 60.8 Å². The van der Waals surface area contributed by atoms with Crippen molar-refractivity contribution in [3.05, 3.63) is 82.1 Å². The van der Waals surface area contributed by atoms with Crippen LogP contribution in [0.5, 0.6) is 34.5 Å². The molecule has 3 aromatic carbocycles. The summed E-state index contributed by atoms with van der Waals surface area (Å²) in [6, 6.07) is 14.4. The normalized spacial score (nSPS) is 24.6. The molecule has 0 bridgehead atoms. The van der Waals surface area contributed by atoms with Gasteiger partial charge in [0.25, 0.3) is 5.91 Å². The number of carbonyl (C=O) groups is 1. The van der Waals surface area contributed by atoms with Crippen LogP contribution < -0.4 is 28.4 Å². The average Bonchev–Trinajstić information content (AvgIpc) is 3.75. The molecule has 13 heteroatoms. The van der Waals surface area contributed by atoms with Crippen LogP contribution in [0.3, 0.4) is 0 Å². The van der Waals surface area contributed by atoms with Crippen LogP contribution in [0.1, 0.15) is 78.4 Å². The molecule has 59 heavy (non-hydrogen) atoms. The van der Waals surface area contributed by atoms with E-state index in [0.717, 1.165) is 67.0 Å². The molecule has 5 aliphatic rings. The van der Waals surface area contributed by atoms with E-state index in [9.17, 15) is 5.11 Å². The number of piperidine rings is 1. The van der Waals surface area contributed by atoms with E-state index in [4.69, 9.17) is 42.6 Å². The Bertz CT molecular complexity index is 2000. The van der Waals surface area contributed by atoms with E-state index < -0.39 is 6.29 Å². The fourth-order valence-electron chi connectivity index (χ4n) is 9.90. The van der Waals surface area contributed by atoms with Crippen molar-refractivity contribution >= 4 is 5.91 Å². The molecule has 0 aliphatic carbocycles. The minimum absolute atomic E-state index is 0.0671. The SMILES string of the molecule is CC[C@H]1CN2CCc3cc(OC)c(OC)cc3[C@@H]2C[C@@H]1C[C@@H]1c2cc(OC)c(OC)cc2CCN1C(=O)C1=C[C@@H](c2ccc3c(c2)OCO3)C[C@@H](OCCOCCO)O1. The Morgan fingerprint density at radius 1 is 0.797 bits per heavy atom. The molecule has 1 N–H and O–H groups in total. The molecule has 3 aromatic rings. The Morgan fingerprint density at radius 2 is 1.49 bits per heavy atom. The average molecular weight is 815 g/mol. The number of methoxy groups -OCH3 is 4. The number of amides is 1. The summed E-state index contributed by atoms with van der Waals surface area (Å²) < 4.78 is 52.5. The number of nitrogens with zero attached hydrogens (tertiary/aromatic N) is 2. The number of hydrogen-bond donors (Lipinski definition) is 1. The molecule has 0 aromatic heterocycles. The molecular weight excluding hydrogens is 757 g/mol. The Labute approximate surface area is 347 Å². The van der Waals surface area contributed by atoms with Gasteiger partial charge in [-0.2, -0.15) is 0 Å². The summed E-state index contributed by atoms with van der Waals surface area (Å²) in [5.74, 6) is 4.88. The second-order valence-electron chi connectivity index (χ2n) is 16.0. The molecule has 0 radical (unpaired) electrons. The van der Waals surface area contributed by atoms with Crippen LogP contribution in [0.4, 0.5) is 0 Å². The van der Waals surface area contributed by atoms with Crippen molar-refractivity contribution in [2.24, 2.45) is 11.8 Å². The second kappa shape index (κ2) is 18.3. The number of aliphatic hydroxyl groups excluding tert-OH is 1.